The number of carbonyl (C=O) groups excluding carboxylic acids is 1. The van der Waals surface area contributed by atoms with Gasteiger partial charge in [-0.15, -0.1) is 11.3 Å². The Kier molecular flexibility index (Phi) is 5.30. The zero-order valence-electron chi connectivity index (χ0n) is 18.3. The van der Waals surface area contributed by atoms with Crippen LogP contribution in [0, 0.1) is 6.92 Å². The van der Waals surface area contributed by atoms with Crippen LogP contribution < -0.4 is 0 Å². The molecule has 1 aliphatic rings. The van der Waals surface area contributed by atoms with E-state index in [1.807, 2.05) is 36.5 Å². The summed E-state index contributed by atoms with van der Waals surface area (Å²) in [6, 6.07) is 10.2. The molecule has 3 aromatic heterocycles. The number of fused-ring (bicyclic) bond motifs is 4. The van der Waals surface area contributed by atoms with Crippen LogP contribution in [0.25, 0.3) is 32.5 Å². The molecule has 5 heteroatoms. The minimum absolute atomic E-state index is 0.201. The highest BCUT2D eigenvalue weighted by atomic mass is 32.1. The fourth-order valence-corrected chi connectivity index (χ4v) is 6.33. The third-order valence-electron chi connectivity index (χ3n) is 6.41. The summed E-state index contributed by atoms with van der Waals surface area (Å²) < 4.78 is 11.6. The number of hydrogen-bond acceptors (Lipinski definition) is 5. The molecule has 1 unspecified atom stereocenters. The molecule has 31 heavy (non-hydrogen) atoms. The molecule has 4 aromatic rings. The van der Waals surface area contributed by atoms with E-state index in [4.69, 9.17) is 14.1 Å². The molecule has 1 atom stereocenters. The molecule has 0 fully saturated rings. The SMILES string of the molecule is CCCC(C(=O)OC)c1c(C)nc2sc3c(c2c1-c1cc2ccccc2o1)CCCC3. The Balaban J connectivity index is 1.88. The zero-order chi connectivity index (χ0) is 21.5. The fraction of sp³-hybridized carbons (Fsp3) is 0.385. The number of nitrogens with zero attached hydrogens (tertiary/aromatic N) is 1. The first kappa shape index (κ1) is 20.3. The molecule has 160 valence electrons. The number of benzene rings is 1. The smallest absolute Gasteiger partial charge is 0.313 e. The van der Waals surface area contributed by atoms with E-state index < -0.39 is 0 Å². The number of aryl methyl sites for hydroxylation is 3. The van der Waals surface area contributed by atoms with Gasteiger partial charge in [0, 0.05) is 26.9 Å². The summed E-state index contributed by atoms with van der Waals surface area (Å²) in [6.07, 6.45) is 6.20. The summed E-state index contributed by atoms with van der Waals surface area (Å²) in [6.45, 7) is 4.12. The summed E-state index contributed by atoms with van der Waals surface area (Å²) in [5.41, 5.74) is 5.16. The first-order valence-corrected chi connectivity index (χ1v) is 12.0. The van der Waals surface area contributed by atoms with Crippen molar-refractivity contribution in [1.82, 2.24) is 4.98 Å². The lowest BCUT2D eigenvalue weighted by molar-refractivity contribution is -0.142. The van der Waals surface area contributed by atoms with Gasteiger partial charge in [0.2, 0.25) is 0 Å². The van der Waals surface area contributed by atoms with Crippen LogP contribution in [0.2, 0.25) is 0 Å². The highest BCUT2D eigenvalue weighted by Gasteiger charge is 2.32. The molecule has 0 bridgehead atoms. The van der Waals surface area contributed by atoms with Crippen molar-refractivity contribution in [2.45, 2.75) is 58.3 Å². The van der Waals surface area contributed by atoms with Gasteiger partial charge in [-0.3, -0.25) is 4.79 Å². The highest BCUT2D eigenvalue weighted by molar-refractivity contribution is 7.19. The molecule has 0 amide bonds. The lowest BCUT2D eigenvalue weighted by atomic mass is 9.85. The molecule has 4 nitrogen and oxygen atoms in total. The number of aromatic nitrogens is 1. The number of esters is 1. The van der Waals surface area contributed by atoms with Crippen LogP contribution >= 0.6 is 11.3 Å². The largest absolute Gasteiger partial charge is 0.469 e. The van der Waals surface area contributed by atoms with E-state index in [1.165, 1.54) is 35.8 Å². The van der Waals surface area contributed by atoms with Gasteiger partial charge in [0.25, 0.3) is 0 Å². The van der Waals surface area contributed by atoms with Gasteiger partial charge < -0.3 is 9.15 Å². The number of carbonyl (C=O) groups is 1. The van der Waals surface area contributed by atoms with Gasteiger partial charge >= 0.3 is 5.97 Å². The first-order valence-electron chi connectivity index (χ1n) is 11.1. The van der Waals surface area contributed by atoms with Crippen molar-refractivity contribution in [3.8, 4) is 11.3 Å². The number of rotatable bonds is 5. The molecule has 3 heterocycles. The third kappa shape index (κ3) is 3.35. The summed E-state index contributed by atoms with van der Waals surface area (Å²) in [4.78, 5) is 20.4. The van der Waals surface area contributed by atoms with E-state index in [1.54, 1.807) is 0 Å². The van der Waals surface area contributed by atoms with Crippen molar-refractivity contribution in [3.63, 3.8) is 0 Å². The Bertz CT molecular complexity index is 1250. The maximum atomic E-state index is 12.9. The third-order valence-corrected chi connectivity index (χ3v) is 7.60. The minimum atomic E-state index is -0.353. The van der Waals surface area contributed by atoms with Crippen LogP contribution in [0.5, 0.6) is 0 Å². The summed E-state index contributed by atoms with van der Waals surface area (Å²) in [5, 5.41) is 2.25. The van der Waals surface area contributed by atoms with E-state index in [2.05, 4.69) is 19.1 Å². The van der Waals surface area contributed by atoms with Crippen molar-refractivity contribution < 1.29 is 13.9 Å². The molecule has 0 N–H and O–H groups in total. The second-order valence-electron chi connectivity index (χ2n) is 8.39. The number of hydrogen-bond donors (Lipinski definition) is 0. The number of para-hydroxylation sites is 1. The average molecular weight is 434 g/mol. The normalized spacial score (nSPS) is 14.7. The standard InChI is InChI=1S/C26H27NO3S/c1-4-9-18(26(28)29-3)22-15(2)27-25-23(17-11-6-8-13-21(17)31-25)24(22)20-14-16-10-5-7-12-19(16)30-20/h5,7,10,12,14,18H,4,6,8-9,11,13H2,1-3H3. The maximum Gasteiger partial charge on any atom is 0.313 e. The molecule has 0 saturated heterocycles. The predicted molar refractivity (Wildman–Crippen MR) is 126 cm³/mol. The van der Waals surface area contributed by atoms with Crippen LogP contribution in [0.3, 0.4) is 0 Å². The number of thiophene rings is 1. The number of methoxy groups -OCH3 is 1. The number of pyridine rings is 1. The second kappa shape index (κ2) is 8.12. The monoisotopic (exact) mass is 433 g/mol. The van der Waals surface area contributed by atoms with E-state index in [0.717, 1.165) is 64.1 Å². The number of ether oxygens (including phenoxy) is 1. The van der Waals surface area contributed by atoms with Gasteiger partial charge in [0.15, 0.2) is 0 Å². The summed E-state index contributed by atoms with van der Waals surface area (Å²) in [5.74, 6) is 0.268. The highest BCUT2D eigenvalue weighted by Crippen LogP contribution is 2.46. The molecule has 1 aliphatic carbocycles. The van der Waals surface area contributed by atoms with Crippen LogP contribution in [-0.2, 0) is 22.4 Å². The van der Waals surface area contributed by atoms with E-state index in [0.29, 0.717) is 0 Å². The van der Waals surface area contributed by atoms with Crippen molar-refractivity contribution >= 4 is 38.5 Å². The summed E-state index contributed by atoms with van der Waals surface area (Å²) in [7, 11) is 1.47. The average Bonchev–Trinajstić information content (AvgIpc) is 3.37. The molecule has 0 saturated carbocycles. The Morgan fingerprint density at radius 2 is 2.06 bits per heavy atom. The molecule has 0 radical (unpaired) electrons. The Labute approximate surface area is 186 Å². The van der Waals surface area contributed by atoms with Crippen molar-refractivity contribution in [2.75, 3.05) is 7.11 Å². The maximum absolute atomic E-state index is 12.9. The molecule has 5 rings (SSSR count). The molecular formula is C26H27NO3S. The Morgan fingerprint density at radius 1 is 1.26 bits per heavy atom. The quantitative estimate of drug-likeness (QED) is 0.319. The van der Waals surface area contributed by atoms with Gasteiger partial charge in [-0.1, -0.05) is 31.5 Å². The van der Waals surface area contributed by atoms with Gasteiger partial charge in [0.05, 0.1) is 13.0 Å². The van der Waals surface area contributed by atoms with Crippen molar-refractivity contribution in [1.29, 1.82) is 0 Å². The van der Waals surface area contributed by atoms with Gasteiger partial charge in [-0.2, -0.15) is 0 Å². The van der Waals surface area contributed by atoms with Crippen LogP contribution in [0.1, 0.15) is 60.2 Å². The van der Waals surface area contributed by atoms with Gasteiger partial charge in [-0.05, 0) is 62.3 Å². The number of furan rings is 1. The Hall–Kier alpha value is -2.66. The van der Waals surface area contributed by atoms with Gasteiger partial charge in [0.1, 0.15) is 16.2 Å². The minimum Gasteiger partial charge on any atom is -0.469 e. The van der Waals surface area contributed by atoms with Crippen LogP contribution in [0.15, 0.2) is 34.7 Å². The van der Waals surface area contributed by atoms with Crippen molar-refractivity contribution in [2.24, 2.45) is 0 Å². The second-order valence-corrected chi connectivity index (χ2v) is 9.47. The molecular weight excluding hydrogens is 406 g/mol. The molecule has 1 aromatic carbocycles. The van der Waals surface area contributed by atoms with E-state index >= 15 is 0 Å². The lowest BCUT2D eigenvalue weighted by Crippen LogP contribution is -2.17. The van der Waals surface area contributed by atoms with Gasteiger partial charge in [-0.25, -0.2) is 4.98 Å². The van der Waals surface area contributed by atoms with Crippen LogP contribution in [-0.4, -0.2) is 18.1 Å². The predicted octanol–water partition coefficient (Wildman–Crippen LogP) is 6.95. The zero-order valence-corrected chi connectivity index (χ0v) is 19.1. The van der Waals surface area contributed by atoms with E-state index in [-0.39, 0.29) is 11.9 Å². The van der Waals surface area contributed by atoms with Crippen LogP contribution in [0.4, 0.5) is 0 Å². The Morgan fingerprint density at radius 3 is 2.84 bits per heavy atom. The lowest BCUT2D eigenvalue weighted by Gasteiger charge is -2.21. The topological polar surface area (TPSA) is 52.3 Å². The first-order chi connectivity index (χ1) is 15.1. The molecule has 0 aliphatic heterocycles. The summed E-state index contributed by atoms with van der Waals surface area (Å²) >= 11 is 1.81. The van der Waals surface area contributed by atoms with Crippen molar-refractivity contribution in [3.05, 3.63) is 52.0 Å². The molecule has 0 spiro atoms. The van der Waals surface area contributed by atoms with E-state index in [9.17, 15) is 4.79 Å². The fourth-order valence-electron chi connectivity index (χ4n) is 5.01.